The molecule has 0 spiro atoms. The highest BCUT2D eigenvalue weighted by molar-refractivity contribution is 5.88. The van der Waals surface area contributed by atoms with Gasteiger partial charge in [0, 0.05) is 6.42 Å². The van der Waals surface area contributed by atoms with Gasteiger partial charge in [0.25, 0.3) is 0 Å². The molecule has 2 aliphatic carbocycles. The Morgan fingerprint density at radius 1 is 0.839 bits per heavy atom. The highest BCUT2D eigenvalue weighted by Gasteiger charge is 2.35. The Labute approximate surface area is 185 Å². The first-order valence-electron chi connectivity index (χ1n) is 11.7. The maximum Gasteiger partial charge on any atom is 0.314 e. The van der Waals surface area contributed by atoms with Gasteiger partial charge >= 0.3 is 11.9 Å². The fraction of sp³-hybridized carbons (Fsp3) is 0.577. The van der Waals surface area contributed by atoms with Crippen LogP contribution in [0.3, 0.4) is 0 Å². The van der Waals surface area contributed by atoms with Gasteiger partial charge in [0.05, 0.1) is 18.4 Å². The Balaban J connectivity index is 1.33. The van der Waals surface area contributed by atoms with Crippen molar-refractivity contribution in [3.63, 3.8) is 0 Å². The van der Waals surface area contributed by atoms with E-state index < -0.39 is 0 Å². The van der Waals surface area contributed by atoms with Gasteiger partial charge < -0.3 is 9.47 Å². The van der Waals surface area contributed by atoms with Crippen molar-refractivity contribution in [3.05, 3.63) is 43.0 Å². The monoisotopic (exact) mass is 426 g/mol. The van der Waals surface area contributed by atoms with Crippen LogP contribution in [0.25, 0.3) is 0 Å². The molecule has 0 radical (unpaired) electrons. The smallest absolute Gasteiger partial charge is 0.314 e. The van der Waals surface area contributed by atoms with E-state index in [1.165, 1.54) is 6.08 Å². The molecule has 0 aromatic heterocycles. The van der Waals surface area contributed by atoms with Crippen LogP contribution in [0.5, 0.6) is 5.75 Å². The summed E-state index contributed by atoms with van der Waals surface area (Å²) in [5, 5.41) is 0. The van der Waals surface area contributed by atoms with E-state index in [0.717, 1.165) is 51.4 Å². The number of para-hydroxylation sites is 1. The summed E-state index contributed by atoms with van der Waals surface area (Å²) in [4.78, 5) is 35.9. The van der Waals surface area contributed by atoms with E-state index in [9.17, 15) is 14.4 Å². The minimum atomic E-state index is -0.114. The fourth-order valence-corrected chi connectivity index (χ4v) is 4.98. The molecule has 5 nitrogen and oxygen atoms in total. The summed E-state index contributed by atoms with van der Waals surface area (Å²) in [6, 6.07) is 9.27. The van der Waals surface area contributed by atoms with Crippen LogP contribution in [0.2, 0.25) is 0 Å². The molecule has 2 aliphatic rings. The molecule has 0 bridgehead atoms. The van der Waals surface area contributed by atoms with Crippen LogP contribution in [0.1, 0.15) is 64.2 Å². The molecule has 3 rings (SSSR count). The summed E-state index contributed by atoms with van der Waals surface area (Å²) in [5.74, 6) is 1.65. The highest BCUT2D eigenvalue weighted by Crippen LogP contribution is 2.41. The zero-order valence-corrected chi connectivity index (χ0v) is 18.3. The second-order valence-corrected chi connectivity index (χ2v) is 8.90. The first-order valence-corrected chi connectivity index (χ1v) is 11.7. The molecule has 2 fully saturated rings. The topological polar surface area (TPSA) is 69.7 Å². The van der Waals surface area contributed by atoms with Gasteiger partial charge in [-0.05, 0) is 87.8 Å². The molecule has 2 saturated carbocycles. The second kappa shape index (κ2) is 11.8. The first kappa shape index (κ1) is 23.2. The number of ether oxygens (including phenoxy) is 2. The predicted molar refractivity (Wildman–Crippen MR) is 118 cm³/mol. The minimum Gasteiger partial charge on any atom is -0.465 e. The number of hydrogen-bond donors (Lipinski definition) is 0. The number of rotatable bonds is 9. The molecule has 0 aliphatic heterocycles. The van der Waals surface area contributed by atoms with Crippen LogP contribution in [0, 0.1) is 23.7 Å². The van der Waals surface area contributed by atoms with Crippen molar-refractivity contribution in [1.82, 2.24) is 0 Å². The average molecular weight is 427 g/mol. The van der Waals surface area contributed by atoms with Gasteiger partial charge in [-0.2, -0.15) is 0 Å². The molecule has 1 aromatic carbocycles. The maximum absolute atomic E-state index is 12.4. The summed E-state index contributed by atoms with van der Waals surface area (Å²) in [6.07, 6.45) is 10.0. The van der Waals surface area contributed by atoms with Crippen LogP contribution >= 0.6 is 0 Å². The normalized spacial score (nSPS) is 25.9. The Morgan fingerprint density at radius 3 is 1.94 bits per heavy atom. The molecular formula is C26H34O5. The van der Waals surface area contributed by atoms with E-state index in [1.54, 1.807) is 0 Å². The number of esters is 2. The van der Waals surface area contributed by atoms with Gasteiger partial charge in [0.15, 0.2) is 5.78 Å². The number of carbonyl (C=O) groups excluding carboxylic acids is 3. The van der Waals surface area contributed by atoms with Crippen molar-refractivity contribution >= 4 is 17.7 Å². The lowest BCUT2D eigenvalue weighted by molar-refractivity contribution is -0.150. The zero-order chi connectivity index (χ0) is 22.1. The van der Waals surface area contributed by atoms with E-state index in [4.69, 9.17) is 9.47 Å². The average Bonchev–Trinajstić information content (AvgIpc) is 2.82. The van der Waals surface area contributed by atoms with Crippen molar-refractivity contribution in [2.45, 2.75) is 64.2 Å². The summed E-state index contributed by atoms with van der Waals surface area (Å²) < 4.78 is 10.9. The number of carbonyl (C=O) groups is 3. The predicted octanol–water partition coefficient (Wildman–Crippen LogP) is 5.28. The van der Waals surface area contributed by atoms with Gasteiger partial charge in [-0.15, -0.1) is 0 Å². The molecule has 0 unspecified atom stereocenters. The number of hydrogen-bond acceptors (Lipinski definition) is 5. The van der Waals surface area contributed by atoms with Gasteiger partial charge in [0.2, 0.25) is 0 Å². The Morgan fingerprint density at radius 2 is 1.39 bits per heavy atom. The lowest BCUT2D eigenvalue weighted by atomic mass is 9.69. The third-order valence-corrected chi connectivity index (χ3v) is 6.88. The minimum absolute atomic E-state index is 0.00394. The molecule has 0 amide bonds. The summed E-state index contributed by atoms with van der Waals surface area (Å²) >= 11 is 0. The van der Waals surface area contributed by atoms with Crippen LogP contribution in [-0.2, 0) is 19.1 Å². The lowest BCUT2D eigenvalue weighted by Crippen LogP contribution is -2.31. The third-order valence-electron chi connectivity index (χ3n) is 6.88. The number of ketones is 1. The third kappa shape index (κ3) is 7.05. The van der Waals surface area contributed by atoms with Crippen molar-refractivity contribution < 1.29 is 23.9 Å². The van der Waals surface area contributed by atoms with Crippen molar-refractivity contribution in [3.8, 4) is 5.75 Å². The highest BCUT2D eigenvalue weighted by atomic mass is 16.5. The number of benzene rings is 1. The molecule has 31 heavy (non-hydrogen) atoms. The molecule has 1 aromatic rings. The van der Waals surface area contributed by atoms with Crippen LogP contribution in [0.4, 0.5) is 0 Å². The second-order valence-electron chi connectivity index (χ2n) is 8.90. The quantitative estimate of drug-likeness (QED) is 0.232. The Kier molecular flexibility index (Phi) is 8.86. The van der Waals surface area contributed by atoms with Gasteiger partial charge in [-0.3, -0.25) is 14.4 Å². The molecule has 0 saturated heterocycles. The van der Waals surface area contributed by atoms with E-state index in [2.05, 4.69) is 6.58 Å². The van der Waals surface area contributed by atoms with Crippen LogP contribution in [0.15, 0.2) is 43.0 Å². The van der Waals surface area contributed by atoms with E-state index in [0.29, 0.717) is 37.0 Å². The molecule has 168 valence electrons. The van der Waals surface area contributed by atoms with Gasteiger partial charge in [0.1, 0.15) is 5.75 Å². The number of allylic oxidation sites excluding steroid dienone is 1. The van der Waals surface area contributed by atoms with E-state index in [-0.39, 0.29) is 29.6 Å². The fourth-order valence-electron chi connectivity index (χ4n) is 4.98. The Bertz CT molecular complexity index is 740. The molecule has 0 heterocycles. The largest absolute Gasteiger partial charge is 0.465 e. The van der Waals surface area contributed by atoms with Gasteiger partial charge in [-0.1, -0.05) is 24.8 Å². The molecule has 0 N–H and O–H groups in total. The zero-order valence-electron chi connectivity index (χ0n) is 18.3. The van der Waals surface area contributed by atoms with Crippen molar-refractivity contribution in [2.75, 3.05) is 6.61 Å². The van der Waals surface area contributed by atoms with E-state index >= 15 is 0 Å². The van der Waals surface area contributed by atoms with Crippen molar-refractivity contribution in [2.24, 2.45) is 23.7 Å². The van der Waals surface area contributed by atoms with E-state index in [1.807, 2.05) is 30.3 Å². The molecular weight excluding hydrogens is 392 g/mol. The summed E-state index contributed by atoms with van der Waals surface area (Å²) in [5.41, 5.74) is 0. The summed E-state index contributed by atoms with van der Waals surface area (Å²) in [6.45, 7) is 3.75. The Hall–Kier alpha value is -2.43. The maximum atomic E-state index is 12.4. The molecule has 0 atom stereocenters. The first-order chi connectivity index (χ1) is 15.1. The van der Waals surface area contributed by atoms with Crippen molar-refractivity contribution in [1.29, 1.82) is 0 Å². The standard InChI is InChI=1S/C26H34O5/c1-2-23(27)7-6-18-30-25(28)21-14-10-19(11-15-21)20-12-16-22(17-13-20)26(29)31-24-8-4-3-5-9-24/h2-5,8-9,19-22H,1,6-7,10-18H2. The SMILES string of the molecule is C=CC(=O)CCCOC(=O)C1CCC(C2CCC(C(=O)Oc3ccccc3)CC2)CC1. The van der Waals surface area contributed by atoms with Crippen LogP contribution in [-0.4, -0.2) is 24.3 Å². The molecule has 5 heteroatoms. The lowest BCUT2D eigenvalue weighted by Gasteiger charge is -2.36. The van der Waals surface area contributed by atoms with Gasteiger partial charge in [-0.25, -0.2) is 0 Å². The van der Waals surface area contributed by atoms with Crippen LogP contribution < -0.4 is 4.74 Å². The summed E-state index contributed by atoms with van der Waals surface area (Å²) in [7, 11) is 0.